The van der Waals surface area contributed by atoms with Gasteiger partial charge in [-0.25, -0.2) is 0 Å². The lowest BCUT2D eigenvalue weighted by Gasteiger charge is -2.35. The van der Waals surface area contributed by atoms with Crippen LogP contribution >= 0.6 is 0 Å². The minimum absolute atomic E-state index is 0.181. The first kappa shape index (κ1) is 14.0. The zero-order valence-corrected chi connectivity index (χ0v) is 11.2. The van der Waals surface area contributed by atoms with Crippen molar-refractivity contribution in [1.29, 1.82) is 5.26 Å². The Kier molecular flexibility index (Phi) is 4.33. The van der Waals surface area contributed by atoms with Gasteiger partial charge in [-0.1, -0.05) is 0 Å². The molecular formula is C14H16N4O2. The number of nitrogens with one attached hydrogen (secondary N) is 2. The van der Waals surface area contributed by atoms with E-state index in [2.05, 4.69) is 10.6 Å². The van der Waals surface area contributed by atoms with Gasteiger partial charge in [-0.15, -0.1) is 0 Å². The molecule has 0 aliphatic carbocycles. The number of piperazine rings is 1. The monoisotopic (exact) mass is 272 g/mol. The van der Waals surface area contributed by atoms with Gasteiger partial charge in [-0.3, -0.25) is 9.59 Å². The number of rotatable bonds is 2. The number of carbonyl (C=O) groups excluding carboxylic acids is 2. The molecule has 0 saturated carbocycles. The van der Waals surface area contributed by atoms with Crippen LogP contribution in [0.25, 0.3) is 0 Å². The average molecular weight is 272 g/mol. The van der Waals surface area contributed by atoms with E-state index in [4.69, 9.17) is 5.26 Å². The lowest BCUT2D eigenvalue weighted by atomic mass is 10.1. The second-order valence-electron chi connectivity index (χ2n) is 4.52. The summed E-state index contributed by atoms with van der Waals surface area (Å²) in [6.45, 7) is 1.59. The molecule has 0 aromatic heterocycles. The van der Waals surface area contributed by atoms with Gasteiger partial charge in [0, 0.05) is 32.2 Å². The van der Waals surface area contributed by atoms with Crippen molar-refractivity contribution >= 4 is 11.8 Å². The van der Waals surface area contributed by atoms with Crippen molar-refractivity contribution < 1.29 is 9.59 Å². The molecule has 20 heavy (non-hydrogen) atoms. The first-order valence-electron chi connectivity index (χ1n) is 6.41. The second kappa shape index (κ2) is 6.17. The van der Waals surface area contributed by atoms with Gasteiger partial charge in [0.2, 0.25) is 5.91 Å². The minimum atomic E-state index is -0.503. The van der Waals surface area contributed by atoms with Gasteiger partial charge in [-0.2, -0.15) is 5.26 Å². The number of nitriles is 1. The maximum absolute atomic E-state index is 12.5. The molecule has 1 unspecified atom stereocenters. The van der Waals surface area contributed by atoms with Crippen molar-refractivity contribution in [2.24, 2.45) is 0 Å². The summed E-state index contributed by atoms with van der Waals surface area (Å²) in [6, 6.07) is 7.94. The summed E-state index contributed by atoms with van der Waals surface area (Å²) in [5.74, 6) is -0.371. The van der Waals surface area contributed by atoms with E-state index >= 15 is 0 Å². The smallest absolute Gasteiger partial charge is 0.254 e. The lowest BCUT2D eigenvalue weighted by Crippen LogP contribution is -2.59. The molecule has 6 nitrogen and oxygen atoms in total. The third-order valence-electron chi connectivity index (χ3n) is 3.31. The van der Waals surface area contributed by atoms with E-state index in [-0.39, 0.29) is 11.8 Å². The van der Waals surface area contributed by atoms with Gasteiger partial charge < -0.3 is 15.5 Å². The number of hydrogen-bond acceptors (Lipinski definition) is 4. The Morgan fingerprint density at radius 2 is 2.10 bits per heavy atom. The van der Waals surface area contributed by atoms with E-state index in [1.165, 1.54) is 0 Å². The second-order valence-corrected chi connectivity index (χ2v) is 4.52. The Bertz CT molecular complexity index is 547. The maximum Gasteiger partial charge on any atom is 0.254 e. The molecule has 2 amide bonds. The molecule has 1 fully saturated rings. The molecule has 104 valence electrons. The quantitative estimate of drug-likeness (QED) is 0.775. The fourth-order valence-corrected chi connectivity index (χ4v) is 2.20. The van der Waals surface area contributed by atoms with Crippen LogP contribution in [0.4, 0.5) is 0 Å². The Hall–Kier alpha value is -2.39. The van der Waals surface area contributed by atoms with Gasteiger partial charge in [0.1, 0.15) is 6.04 Å². The van der Waals surface area contributed by atoms with E-state index in [1.54, 1.807) is 36.2 Å². The molecule has 1 saturated heterocycles. The first-order valence-corrected chi connectivity index (χ1v) is 6.41. The zero-order chi connectivity index (χ0) is 14.5. The molecule has 0 bridgehead atoms. The highest BCUT2D eigenvalue weighted by Crippen LogP contribution is 2.12. The van der Waals surface area contributed by atoms with E-state index < -0.39 is 6.04 Å². The highest BCUT2D eigenvalue weighted by Gasteiger charge is 2.31. The number of amides is 2. The topological polar surface area (TPSA) is 85.2 Å². The van der Waals surface area contributed by atoms with Crippen molar-refractivity contribution in [3.8, 4) is 6.07 Å². The molecule has 1 aliphatic heterocycles. The van der Waals surface area contributed by atoms with Crippen LogP contribution in [0.5, 0.6) is 0 Å². The molecule has 6 heteroatoms. The summed E-state index contributed by atoms with van der Waals surface area (Å²) in [6.07, 6.45) is 0. The molecule has 1 aliphatic rings. The van der Waals surface area contributed by atoms with Crippen LogP contribution in [0.3, 0.4) is 0 Å². The normalized spacial score (nSPS) is 18.2. The summed E-state index contributed by atoms with van der Waals surface area (Å²) in [5.41, 5.74) is 0.990. The fraction of sp³-hybridized carbons (Fsp3) is 0.357. The highest BCUT2D eigenvalue weighted by molar-refractivity contribution is 5.97. The van der Waals surface area contributed by atoms with Crippen LogP contribution in [-0.4, -0.2) is 49.4 Å². The van der Waals surface area contributed by atoms with Gasteiger partial charge in [0.15, 0.2) is 0 Å². The molecular weight excluding hydrogens is 256 g/mol. The van der Waals surface area contributed by atoms with Crippen LogP contribution in [0.15, 0.2) is 24.3 Å². The van der Waals surface area contributed by atoms with E-state index in [1.807, 2.05) is 6.07 Å². The first-order chi connectivity index (χ1) is 9.67. The number of nitrogens with zero attached hydrogens (tertiary/aromatic N) is 2. The fourth-order valence-electron chi connectivity index (χ4n) is 2.20. The van der Waals surface area contributed by atoms with Gasteiger partial charge >= 0.3 is 0 Å². The summed E-state index contributed by atoms with van der Waals surface area (Å²) in [5, 5.41) is 14.4. The Labute approximate surface area is 117 Å². The van der Waals surface area contributed by atoms with Crippen LogP contribution in [0.1, 0.15) is 15.9 Å². The summed E-state index contributed by atoms with van der Waals surface area (Å²) >= 11 is 0. The van der Waals surface area contributed by atoms with Crippen molar-refractivity contribution in [3.63, 3.8) is 0 Å². The largest absolute Gasteiger partial charge is 0.357 e. The summed E-state index contributed by atoms with van der Waals surface area (Å²) in [7, 11) is 1.56. The molecule has 2 N–H and O–H groups in total. The molecule has 0 spiro atoms. The summed E-state index contributed by atoms with van der Waals surface area (Å²) in [4.78, 5) is 25.9. The number of carbonyl (C=O) groups is 2. The Morgan fingerprint density at radius 3 is 2.70 bits per heavy atom. The molecule has 1 aromatic carbocycles. The SMILES string of the molecule is CNC(=O)C1CNCCN1C(=O)c1ccc(C#N)cc1. The lowest BCUT2D eigenvalue weighted by molar-refractivity contribution is -0.125. The van der Waals surface area contributed by atoms with Crippen LogP contribution in [0.2, 0.25) is 0 Å². The maximum atomic E-state index is 12.5. The predicted octanol–water partition coefficient (Wildman–Crippen LogP) is -0.282. The number of hydrogen-bond donors (Lipinski definition) is 2. The summed E-state index contributed by atoms with van der Waals surface area (Å²) < 4.78 is 0. The predicted molar refractivity (Wildman–Crippen MR) is 72.9 cm³/mol. The zero-order valence-electron chi connectivity index (χ0n) is 11.2. The van der Waals surface area contributed by atoms with Crippen molar-refractivity contribution in [2.45, 2.75) is 6.04 Å². The molecule has 2 rings (SSSR count). The highest BCUT2D eigenvalue weighted by atomic mass is 16.2. The molecule has 1 atom stereocenters. The van der Waals surface area contributed by atoms with Crippen LogP contribution in [-0.2, 0) is 4.79 Å². The molecule has 1 heterocycles. The van der Waals surface area contributed by atoms with Gasteiger partial charge in [-0.05, 0) is 24.3 Å². The van der Waals surface area contributed by atoms with Gasteiger partial charge in [0.05, 0.1) is 11.6 Å². The molecule has 1 aromatic rings. The van der Waals surface area contributed by atoms with Crippen LogP contribution < -0.4 is 10.6 Å². The third-order valence-corrected chi connectivity index (χ3v) is 3.31. The number of benzene rings is 1. The van der Waals surface area contributed by atoms with E-state index in [0.29, 0.717) is 30.8 Å². The average Bonchev–Trinajstić information content (AvgIpc) is 2.53. The minimum Gasteiger partial charge on any atom is -0.357 e. The Morgan fingerprint density at radius 1 is 1.40 bits per heavy atom. The van der Waals surface area contributed by atoms with E-state index in [0.717, 1.165) is 0 Å². The van der Waals surface area contributed by atoms with Crippen molar-refractivity contribution in [1.82, 2.24) is 15.5 Å². The van der Waals surface area contributed by atoms with Gasteiger partial charge in [0.25, 0.3) is 5.91 Å². The van der Waals surface area contributed by atoms with Crippen LogP contribution in [0, 0.1) is 11.3 Å². The standard InChI is InChI=1S/C14H16N4O2/c1-16-13(19)12-9-17-6-7-18(12)14(20)11-4-2-10(8-15)3-5-11/h2-5,12,17H,6-7,9H2,1H3,(H,16,19). The third kappa shape index (κ3) is 2.78. The van der Waals surface area contributed by atoms with Crippen molar-refractivity contribution in [3.05, 3.63) is 35.4 Å². The molecule has 0 radical (unpaired) electrons. The van der Waals surface area contributed by atoms with E-state index in [9.17, 15) is 9.59 Å². The van der Waals surface area contributed by atoms with Crippen molar-refractivity contribution in [2.75, 3.05) is 26.7 Å². The number of likely N-dealkylation sites (N-methyl/N-ethyl adjacent to an activating group) is 1. The Balaban J connectivity index is 2.20.